The Hall–Kier alpha value is -0.770. The number of nitrogens with one attached hydrogen (secondary N) is 1. The third-order valence-corrected chi connectivity index (χ3v) is 3.36. The van der Waals surface area contributed by atoms with E-state index in [9.17, 15) is 0 Å². The lowest BCUT2D eigenvalue weighted by Crippen LogP contribution is -1.87. The monoisotopic (exact) mass is 258 g/mol. The second-order valence-corrected chi connectivity index (χ2v) is 5.09. The Morgan fingerprint density at radius 2 is 2.13 bits per heavy atom. The zero-order valence-corrected chi connectivity index (χ0v) is 10.2. The van der Waals surface area contributed by atoms with Crippen LogP contribution in [0.15, 0.2) is 24.4 Å². The van der Waals surface area contributed by atoms with Gasteiger partial charge in [0, 0.05) is 10.7 Å². The van der Waals surface area contributed by atoms with Gasteiger partial charge >= 0.3 is 0 Å². The lowest BCUT2D eigenvalue weighted by molar-refractivity contribution is 1.41. The molecule has 78 valence electrons. The molecule has 0 aliphatic carbocycles. The summed E-state index contributed by atoms with van der Waals surface area (Å²) < 4.78 is 0.531. The number of rotatable bonds is 2. The number of aryl methyl sites for hydroxylation is 1. The fourth-order valence-corrected chi connectivity index (χ4v) is 2.15. The molecule has 2 rings (SSSR count). The summed E-state index contributed by atoms with van der Waals surface area (Å²) in [7, 11) is 0. The Bertz CT molecular complexity index is 482. The first-order valence-corrected chi connectivity index (χ1v) is 5.87. The van der Waals surface area contributed by atoms with Crippen molar-refractivity contribution in [1.29, 1.82) is 0 Å². The quantitative estimate of drug-likeness (QED) is 0.858. The van der Waals surface area contributed by atoms with Gasteiger partial charge in [-0.15, -0.1) is 0 Å². The molecular formula is C10H8Cl2N2S. The van der Waals surface area contributed by atoms with E-state index >= 15 is 0 Å². The lowest BCUT2D eigenvalue weighted by Gasteiger charge is -2.04. The molecule has 1 aromatic carbocycles. The van der Waals surface area contributed by atoms with Crippen molar-refractivity contribution in [2.75, 3.05) is 5.32 Å². The number of hydrogen-bond donors (Lipinski definition) is 1. The summed E-state index contributed by atoms with van der Waals surface area (Å²) >= 11 is 13.1. The number of hydrogen-bond acceptors (Lipinski definition) is 3. The Balaban J connectivity index is 2.21. The molecule has 1 aromatic heterocycles. The molecule has 1 N–H and O–H groups in total. The smallest absolute Gasteiger partial charge is 0.185 e. The number of thiazole rings is 1. The molecule has 0 spiro atoms. The molecule has 0 unspecified atom stereocenters. The predicted octanol–water partition coefficient (Wildman–Crippen LogP) is 4.50. The maximum atomic E-state index is 5.93. The minimum Gasteiger partial charge on any atom is -0.346 e. The molecule has 0 amide bonds. The van der Waals surface area contributed by atoms with E-state index < -0.39 is 0 Å². The van der Waals surface area contributed by atoms with E-state index in [1.807, 2.05) is 25.1 Å². The summed E-state index contributed by atoms with van der Waals surface area (Å²) in [6.07, 6.45) is 1.71. The van der Waals surface area contributed by atoms with Gasteiger partial charge in [-0.1, -0.05) is 34.5 Å². The van der Waals surface area contributed by atoms with Crippen LogP contribution in [0, 0.1) is 6.92 Å². The largest absolute Gasteiger partial charge is 0.346 e. The molecule has 0 saturated heterocycles. The highest BCUT2D eigenvalue weighted by Crippen LogP contribution is 2.27. The number of nitrogens with zero attached hydrogens (tertiary/aromatic N) is 1. The molecule has 0 aliphatic heterocycles. The van der Waals surface area contributed by atoms with E-state index in [-0.39, 0.29) is 0 Å². The van der Waals surface area contributed by atoms with Crippen LogP contribution in [0.25, 0.3) is 0 Å². The maximum absolute atomic E-state index is 5.93. The van der Waals surface area contributed by atoms with E-state index in [1.165, 1.54) is 11.3 Å². The van der Waals surface area contributed by atoms with Crippen LogP contribution in [0.5, 0.6) is 0 Å². The van der Waals surface area contributed by atoms with Crippen LogP contribution in [0.4, 0.5) is 10.7 Å². The van der Waals surface area contributed by atoms with Gasteiger partial charge in [-0.3, -0.25) is 0 Å². The fraction of sp³-hybridized carbons (Fsp3) is 0.100. The minimum atomic E-state index is 0.531. The van der Waals surface area contributed by atoms with Crippen LogP contribution in [0.2, 0.25) is 9.49 Å². The molecule has 0 saturated carbocycles. The number of aromatic nitrogens is 1. The summed E-state index contributed by atoms with van der Waals surface area (Å²) in [6.45, 7) is 1.97. The van der Waals surface area contributed by atoms with Gasteiger partial charge in [0.25, 0.3) is 0 Å². The summed E-state index contributed by atoms with van der Waals surface area (Å²) in [5, 5.41) is 4.89. The van der Waals surface area contributed by atoms with E-state index in [2.05, 4.69) is 10.3 Å². The van der Waals surface area contributed by atoms with Crippen LogP contribution in [0.1, 0.15) is 5.56 Å². The summed E-state index contributed by atoms with van der Waals surface area (Å²) in [4.78, 5) is 3.95. The van der Waals surface area contributed by atoms with Gasteiger partial charge in [0.1, 0.15) is 5.00 Å². The van der Waals surface area contributed by atoms with Crippen LogP contribution in [-0.2, 0) is 0 Å². The molecule has 0 fully saturated rings. The van der Waals surface area contributed by atoms with Crippen molar-refractivity contribution in [1.82, 2.24) is 4.98 Å². The second-order valence-electron chi connectivity index (χ2n) is 3.07. The Morgan fingerprint density at radius 3 is 2.73 bits per heavy atom. The molecule has 0 aliphatic rings. The average molecular weight is 259 g/mol. The number of benzene rings is 1. The molecule has 2 nitrogen and oxygen atoms in total. The van der Waals surface area contributed by atoms with Gasteiger partial charge in [-0.05, 0) is 30.7 Å². The summed E-state index contributed by atoms with van der Waals surface area (Å²) in [5.41, 5.74) is 2.02. The van der Waals surface area contributed by atoms with E-state index in [0.717, 1.165) is 21.3 Å². The van der Waals surface area contributed by atoms with Gasteiger partial charge in [-0.2, -0.15) is 0 Å². The first kappa shape index (κ1) is 10.7. The molecule has 2 aromatic rings. The van der Waals surface area contributed by atoms with Gasteiger partial charge in [0.05, 0.1) is 6.20 Å². The minimum absolute atomic E-state index is 0.531. The van der Waals surface area contributed by atoms with Crippen LogP contribution in [-0.4, -0.2) is 4.98 Å². The SMILES string of the molecule is Cc1cc(Nc2cnc(Cl)s2)ccc1Cl. The van der Waals surface area contributed by atoms with Crippen molar-refractivity contribution in [3.63, 3.8) is 0 Å². The first-order valence-electron chi connectivity index (χ1n) is 4.29. The van der Waals surface area contributed by atoms with E-state index in [4.69, 9.17) is 23.2 Å². The highest BCUT2D eigenvalue weighted by Gasteiger charge is 2.01. The Morgan fingerprint density at radius 1 is 1.33 bits per heavy atom. The first-order chi connectivity index (χ1) is 7.15. The highest BCUT2D eigenvalue weighted by molar-refractivity contribution is 7.19. The van der Waals surface area contributed by atoms with Gasteiger partial charge in [0.15, 0.2) is 4.47 Å². The Labute approximate surface area is 102 Å². The number of halogens is 2. The topological polar surface area (TPSA) is 24.9 Å². The summed E-state index contributed by atoms with van der Waals surface area (Å²) in [6, 6.07) is 5.76. The molecule has 15 heavy (non-hydrogen) atoms. The lowest BCUT2D eigenvalue weighted by atomic mass is 10.2. The van der Waals surface area contributed by atoms with Crippen molar-refractivity contribution >= 4 is 45.2 Å². The normalized spacial score (nSPS) is 10.3. The molecule has 0 atom stereocenters. The van der Waals surface area contributed by atoms with Crippen LogP contribution >= 0.6 is 34.5 Å². The standard InChI is InChI=1S/C10H8Cl2N2S/c1-6-4-7(2-3-8(6)11)14-9-5-13-10(12)15-9/h2-5,14H,1H3. The third kappa shape index (κ3) is 2.62. The second kappa shape index (κ2) is 4.39. The average Bonchev–Trinajstić information content (AvgIpc) is 2.58. The molecule has 0 radical (unpaired) electrons. The molecular weight excluding hydrogens is 251 g/mol. The maximum Gasteiger partial charge on any atom is 0.185 e. The molecule has 1 heterocycles. The molecule has 5 heteroatoms. The predicted molar refractivity (Wildman–Crippen MR) is 66.6 cm³/mol. The van der Waals surface area contributed by atoms with Gasteiger partial charge < -0.3 is 5.32 Å². The van der Waals surface area contributed by atoms with E-state index in [0.29, 0.717) is 4.47 Å². The number of anilines is 2. The van der Waals surface area contributed by atoms with Gasteiger partial charge in [-0.25, -0.2) is 4.98 Å². The van der Waals surface area contributed by atoms with Crippen molar-refractivity contribution in [2.24, 2.45) is 0 Å². The molecule has 0 bridgehead atoms. The highest BCUT2D eigenvalue weighted by atomic mass is 35.5. The van der Waals surface area contributed by atoms with Crippen LogP contribution in [0.3, 0.4) is 0 Å². The zero-order valence-electron chi connectivity index (χ0n) is 7.92. The zero-order chi connectivity index (χ0) is 10.8. The third-order valence-electron chi connectivity index (χ3n) is 1.90. The van der Waals surface area contributed by atoms with Crippen LogP contribution < -0.4 is 5.32 Å². The van der Waals surface area contributed by atoms with Crippen molar-refractivity contribution in [3.05, 3.63) is 39.4 Å². The van der Waals surface area contributed by atoms with Crippen molar-refractivity contribution in [2.45, 2.75) is 6.92 Å². The summed E-state index contributed by atoms with van der Waals surface area (Å²) in [5.74, 6) is 0. The van der Waals surface area contributed by atoms with Crippen molar-refractivity contribution in [3.8, 4) is 0 Å². The van der Waals surface area contributed by atoms with Crippen molar-refractivity contribution < 1.29 is 0 Å². The fourth-order valence-electron chi connectivity index (χ4n) is 1.18. The Kier molecular flexibility index (Phi) is 3.14. The van der Waals surface area contributed by atoms with E-state index in [1.54, 1.807) is 6.20 Å². The van der Waals surface area contributed by atoms with Gasteiger partial charge in [0.2, 0.25) is 0 Å².